The topological polar surface area (TPSA) is 82.9 Å². The van der Waals surface area contributed by atoms with Crippen molar-refractivity contribution < 1.29 is 8.42 Å². The van der Waals surface area contributed by atoms with Gasteiger partial charge in [0.15, 0.2) is 0 Å². The second-order valence-electron chi connectivity index (χ2n) is 4.03. The van der Waals surface area contributed by atoms with E-state index in [0.717, 1.165) is 0 Å². The van der Waals surface area contributed by atoms with E-state index in [2.05, 4.69) is 9.71 Å². The molecule has 108 valence electrons. The van der Waals surface area contributed by atoms with E-state index in [1.54, 1.807) is 12.1 Å². The quantitative estimate of drug-likeness (QED) is 0.924. The summed E-state index contributed by atoms with van der Waals surface area (Å²) in [5.74, 6) is 0.119. The van der Waals surface area contributed by atoms with E-state index in [0.29, 0.717) is 10.7 Å². The van der Waals surface area contributed by atoms with Gasteiger partial charge in [0, 0.05) is 5.02 Å². The normalized spacial score (nSPS) is 10.9. The van der Waals surface area contributed by atoms with Gasteiger partial charge in [-0.1, -0.05) is 29.3 Å². The van der Waals surface area contributed by atoms with Gasteiger partial charge >= 0.3 is 0 Å². The van der Waals surface area contributed by atoms with Crippen LogP contribution in [0.1, 0.15) is 5.69 Å². The zero-order chi connectivity index (χ0) is 15.5. The van der Waals surface area contributed by atoms with Gasteiger partial charge in [-0.25, -0.2) is 13.4 Å². The van der Waals surface area contributed by atoms with Crippen molar-refractivity contribution >= 4 is 39.0 Å². The first kappa shape index (κ1) is 15.6. The van der Waals surface area contributed by atoms with E-state index < -0.39 is 10.0 Å². The van der Waals surface area contributed by atoms with Crippen LogP contribution in [0.4, 0.5) is 5.82 Å². The molecule has 0 atom stereocenters. The van der Waals surface area contributed by atoms with Crippen molar-refractivity contribution in [2.45, 2.75) is 11.3 Å². The number of anilines is 1. The number of nitrogens with one attached hydrogen (secondary N) is 1. The van der Waals surface area contributed by atoms with Gasteiger partial charge in [0.1, 0.15) is 10.7 Å². The second kappa shape index (κ2) is 6.31. The lowest BCUT2D eigenvalue weighted by molar-refractivity contribution is 0.601. The SMILES string of the molecule is N#CCc1cccc(NS(=O)(=O)c2ccc(Cl)cc2Cl)n1. The second-order valence-corrected chi connectivity index (χ2v) is 6.52. The zero-order valence-corrected chi connectivity index (χ0v) is 12.9. The largest absolute Gasteiger partial charge is 0.264 e. The van der Waals surface area contributed by atoms with Crippen LogP contribution >= 0.6 is 23.2 Å². The number of nitriles is 1. The third-order valence-electron chi connectivity index (χ3n) is 2.49. The monoisotopic (exact) mass is 341 g/mol. The highest BCUT2D eigenvalue weighted by molar-refractivity contribution is 7.92. The van der Waals surface area contributed by atoms with Crippen LogP contribution in [0.15, 0.2) is 41.3 Å². The Hall–Kier alpha value is -1.81. The Morgan fingerprint density at radius 2 is 2.00 bits per heavy atom. The molecule has 0 unspecified atom stereocenters. The lowest BCUT2D eigenvalue weighted by atomic mass is 10.3. The third kappa shape index (κ3) is 3.85. The summed E-state index contributed by atoms with van der Waals surface area (Å²) < 4.78 is 26.8. The van der Waals surface area contributed by atoms with Gasteiger partial charge < -0.3 is 0 Å². The molecule has 2 aromatic rings. The van der Waals surface area contributed by atoms with Crippen molar-refractivity contribution in [2.24, 2.45) is 0 Å². The summed E-state index contributed by atoms with van der Waals surface area (Å²) in [4.78, 5) is 3.94. The molecule has 0 saturated heterocycles. The standard InChI is InChI=1S/C13H9Cl2N3O2S/c14-9-4-5-12(11(15)8-9)21(19,20)18-13-3-1-2-10(17-13)6-7-16/h1-5,8H,6H2,(H,17,18). The summed E-state index contributed by atoms with van der Waals surface area (Å²) in [6.07, 6.45) is 0.0945. The molecule has 0 fully saturated rings. The molecule has 2 rings (SSSR count). The highest BCUT2D eigenvalue weighted by atomic mass is 35.5. The van der Waals surface area contributed by atoms with E-state index >= 15 is 0 Å². The zero-order valence-electron chi connectivity index (χ0n) is 10.5. The predicted octanol–water partition coefficient (Wildman–Crippen LogP) is 3.26. The first-order valence-electron chi connectivity index (χ1n) is 5.73. The molecular weight excluding hydrogens is 333 g/mol. The van der Waals surface area contributed by atoms with E-state index in [-0.39, 0.29) is 22.2 Å². The summed E-state index contributed by atoms with van der Waals surface area (Å²) in [6.45, 7) is 0. The molecule has 1 aromatic heterocycles. The minimum Gasteiger partial charge on any atom is -0.263 e. The Labute approximate surface area is 132 Å². The van der Waals surface area contributed by atoms with Crippen LogP contribution in [0, 0.1) is 11.3 Å². The smallest absolute Gasteiger partial charge is 0.263 e. The number of hydrogen-bond acceptors (Lipinski definition) is 4. The van der Waals surface area contributed by atoms with E-state index in [4.69, 9.17) is 28.5 Å². The minimum absolute atomic E-state index is 0.0168. The van der Waals surface area contributed by atoms with Crippen molar-refractivity contribution in [3.05, 3.63) is 52.1 Å². The predicted molar refractivity (Wildman–Crippen MR) is 80.8 cm³/mol. The van der Waals surface area contributed by atoms with Crippen LogP contribution in [0.2, 0.25) is 10.0 Å². The van der Waals surface area contributed by atoms with Crippen LogP contribution in [-0.2, 0) is 16.4 Å². The highest BCUT2D eigenvalue weighted by Gasteiger charge is 2.18. The van der Waals surface area contributed by atoms with Crippen LogP contribution in [0.3, 0.4) is 0 Å². The number of hydrogen-bond donors (Lipinski definition) is 1. The lowest BCUT2D eigenvalue weighted by Gasteiger charge is -2.09. The molecule has 0 aliphatic carbocycles. The Morgan fingerprint density at radius 3 is 2.67 bits per heavy atom. The molecular formula is C13H9Cl2N3O2S. The molecule has 0 amide bonds. The highest BCUT2D eigenvalue weighted by Crippen LogP contribution is 2.26. The Morgan fingerprint density at radius 1 is 1.24 bits per heavy atom. The maximum atomic E-state index is 12.3. The van der Waals surface area contributed by atoms with Gasteiger partial charge in [0.05, 0.1) is 23.2 Å². The Bertz CT molecular complexity index is 816. The lowest BCUT2D eigenvalue weighted by Crippen LogP contribution is -2.14. The number of sulfonamides is 1. The average molecular weight is 342 g/mol. The maximum Gasteiger partial charge on any atom is 0.264 e. The van der Waals surface area contributed by atoms with Crippen molar-refractivity contribution in [1.29, 1.82) is 5.26 Å². The number of aromatic nitrogens is 1. The van der Waals surface area contributed by atoms with Crippen LogP contribution in [-0.4, -0.2) is 13.4 Å². The number of rotatable bonds is 4. The van der Waals surface area contributed by atoms with Crippen molar-refractivity contribution in [3.63, 3.8) is 0 Å². The Kier molecular flexibility index (Phi) is 4.68. The fourth-order valence-corrected chi connectivity index (χ4v) is 3.38. The van der Waals surface area contributed by atoms with Crippen LogP contribution in [0.5, 0.6) is 0 Å². The van der Waals surface area contributed by atoms with Crippen molar-refractivity contribution in [2.75, 3.05) is 4.72 Å². The molecule has 5 nitrogen and oxygen atoms in total. The van der Waals surface area contributed by atoms with Crippen LogP contribution < -0.4 is 4.72 Å². The number of halogens is 2. The molecule has 0 bridgehead atoms. The van der Waals surface area contributed by atoms with E-state index in [1.165, 1.54) is 24.3 Å². The van der Waals surface area contributed by atoms with Crippen LogP contribution in [0.25, 0.3) is 0 Å². The van der Waals surface area contributed by atoms with Gasteiger partial charge in [-0.3, -0.25) is 4.72 Å². The fraction of sp³-hybridized carbons (Fsp3) is 0.0769. The first-order valence-corrected chi connectivity index (χ1v) is 7.97. The molecule has 0 saturated carbocycles. The first-order chi connectivity index (χ1) is 9.92. The third-order valence-corrected chi connectivity index (χ3v) is 4.56. The molecule has 0 radical (unpaired) electrons. The molecule has 21 heavy (non-hydrogen) atoms. The summed E-state index contributed by atoms with van der Waals surface area (Å²) >= 11 is 11.6. The molecule has 8 heteroatoms. The number of nitrogens with zero attached hydrogens (tertiary/aromatic N) is 2. The molecule has 0 aliphatic rings. The molecule has 0 spiro atoms. The fourth-order valence-electron chi connectivity index (χ4n) is 1.60. The average Bonchev–Trinajstić information content (AvgIpc) is 2.38. The molecule has 1 aromatic carbocycles. The summed E-state index contributed by atoms with van der Waals surface area (Å²) in [6, 6.07) is 10.8. The molecule has 1 N–H and O–H groups in total. The number of benzene rings is 1. The number of pyridine rings is 1. The van der Waals surface area contributed by atoms with E-state index in [9.17, 15) is 8.42 Å². The van der Waals surface area contributed by atoms with Gasteiger partial charge in [-0.2, -0.15) is 5.26 Å². The molecule has 1 heterocycles. The maximum absolute atomic E-state index is 12.3. The van der Waals surface area contributed by atoms with E-state index in [1.807, 2.05) is 6.07 Å². The summed E-state index contributed by atoms with van der Waals surface area (Å²) in [5, 5.41) is 8.98. The van der Waals surface area contributed by atoms with Gasteiger partial charge in [-0.05, 0) is 30.3 Å². The Balaban J connectivity index is 2.33. The summed E-state index contributed by atoms with van der Waals surface area (Å²) in [7, 11) is -3.88. The van der Waals surface area contributed by atoms with Gasteiger partial charge in [0.2, 0.25) is 0 Å². The van der Waals surface area contributed by atoms with Gasteiger partial charge in [0.25, 0.3) is 10.0 Å². The summed E-state index contributed by atoms with van der Waals surface area (Å²) in [5.41, 5.74) is 0.472. The van der Waals surface area contributed by atoms with Gasteiger partial charge in [-0.15, -0.1) is 0 Å². The molecule has 0 aliphatic heterocycles. The van der Waals surface area contributed by atoms with Crippen molar-refractivity contribution in [3.8, 4) is 6.07 Å². The minimum atomic E-state index is -3.88. The van der Waals surface area contributed by atoms with Crippen molar-refractivity contribution in [1.82, 2.24) is 4.98 Å².